The van der Waals surface area contributed by atoms with E-state index in [0.29, 0.717) is 0 Å². The average molecular weight is 258 g/mol. The lowest BCUT2D eigenvalue weighted by atomic mass is 10.1. The minimum Gasteiger partial charge on any atom is -0.481 e. The number of hydrogen-bond acceptors (Lipinski definition) is 4. The highest BCUT2D eigenvalue weighted by molar-refractivity contribution is 5.90. The van der Waals surface area contributed by atoms with Crippen LogP contribution in [-0.4, -0.2) is 44.3 Å². The van der Waals surface area contributed by atoms with Gasteiger partial charge in [0.05, 0.1) is 23.7 Å². The second kappa shape index (κ2) is 3.69. The summed E-state index contributed by atoms with van der Waals surface area (Å²) < 4.78 is 0. The fourth-order valence-corrected chi connectivity index (χ4v) is 2.90. The number of carboxylic acid groups (broad SMARTS) is 4. The fourth-order valence-electron chi connectivity index (χ4n) is 2.90. The molecule has 1 unspecified atom stereocenters. The SMILES string of the molecule is O=C(O)[C@@H]1C(C2[C@@H](C(=O)O)[C@H]2C(=O)O)[C@H]1C(=O)O. The Morgan fingerprint density at radius 2 is 0.667 bits per heavy atom. The molecule has 2 saturated carbocycles. The largest absolute Gasteiger partial charge is 0.481 e. The lowest BCUT2D eigenvalue weighted by Crippen LogP contribution is -2.05. The van der Waals surface area contributed by atoms with Crippen LogP contribution in [0.25, 0.3) is 0 Å². The molecule has 0 bridgehead atoms. The van der Waals surface area contributed by atoms with Crippen molar-refractivity contribution in [2.24, 2.45) is 35.5 Å². The van der Waals surface area contributed by atoms with Crippen molar-refractivity contribution in [3.05, 3.63) is 0 Å². The van der Waals surface area contributed by atoms with Gasteiger partial charge in [0.15, 0.2) is 0 Å². The minimum atomic E-state index is -1.33. The van der Waals surface area contributed by atoms with Crippen molar-refractivity contribution in [2.45, 2.75) is 0 Å². The predicted molar refractivity (Wildman–Crippen MR) is 51.5 cm³/mol. The molecule has 8 nitrogen and oxygen atoms in total. The Hall–Kier alpha value is -2.12. The minimum absolute atomic E-state index is 0.901. The molecule has 2 rings (SSSR count). The van der Waals surface area contributed by atoms with Crippen LogP contribution >= 0.6 is 0 Å². The molecule has 0 aromatic heterocycles. The van der Waals surface area contributed by atoms with Crippen molar-refractivity contribution < 1.29 is 39.6 Å². The molecule has 2 aliphatic rings. The number of aliphatic carboxylic acids is 4. The molecule has 0 aromatic carbocycles. The Morgan fingerprint density at radius 3 is 0.778 bits per heavy atom. The Morgan fingerprint density at radius 1 is 0.500 bits per heavy atom. The van der Waals surface area contributed by atoms with Gasteiger partial charge in [-0.05, 0) is 11.8 Å². The fraction of sp³-hybridized carbons (Fsp3) is 0.600. The summed E-state index contributed by atoms with van der Waals surface area (Å²) in [5.74, 6) is -11.8. The first-order valence-electron chi connectivity index (χ1n) is 5.20. The molecule has 0 amide bonds. The molecule has 0 spiro atoms. The maximum absolute atomic E-state index is 10.8. The predicted octanol–water partition coefficient (Wildman–Crippen LogP) is -0.951. The topological polar surface area (TPSA) is 149 Å². The summed E-state index contributed by atoms with van der Waals surface area (Å²) in [7, 11) is 0. The molecule has 2 fully saturated rings. The second-order valence-corrected chi connectivity index (χ2v) is 4.61. The van der Waals surface area contributed by atoms with E-state index in [0.717, 1.165) is 0 Å². The molecular weight excluding hydrogens is 248 g/mol. The molecular formula is C10H10O8. The zero-order valence-electron chi connectivity index (χ0n) is 8.89. The Kier molecular flexibility index (Phi) is 2.53. The molecule has 0 aliphatic heterocycles. The molecule has 0 radical (unpaired) electrons. The zero-order chi connectivity index (χ0) is 13.8. The van der Waals surface area contributed by atoms with Gasteiger partial charge in [0, 0.05) is 0 Å². The van der Waals surface area contributed by atoms with Gasteiger partial charge >= 0.3 is 23.9 Å². The molecule has 98 valence electrons. The van der Waals surface area contributed by atoms with Crippen LogP contribution in [0.1, 0.15) is 0 Å². The average Bonchev–Trinajstić information content (AvgIpc) is 3.08. The summed E-state index contributed by atoms with van der Waals surface area (Å²) in [5.41, 5.74) is 0. The first-order valence-corrected chi connectivity index (χ1v) is 5.20. The number of carboxylic acids is 4. The third-order valence-electron chi connectivity index (χ3n) is 3.74. The first kappa shape index (κ1) is 12.3. The lowest BCUT2D eigenvalue weighted by molar-refractivity contribution is -0.144. The maximum atomic E-state index is 10.8. The van der Waals surface area contributed by atoms with Crippen LogP contribution in [0.2, 0.25) is 0 Å². The highest BCUT2D eigenvalue weighted by Gasteiger charge is 2.74. The van der Waals surface area contributed by atoms with Gasteiger partial charge in [0.1, 0.15) is 0 Å². The quantitative estimate of drug-likeness (QED) is 0.493. The maximum Gasteiger partial charge on any atom is 0.307 e. The van der Waals surface area contributed by atoms with Crippen LogP contribution in [0.5, 0.6) is 0 Å². The first-order chi connectivity index (χ1) is 8.29. The number of rotatable bonds is 5. The summed E-state index contributed by atoms with van der Waals surface area (Å²) in [6.45, 7) is 0. The van der Waals surface area contributed by atoms with Gasteiger partial charge in [0.25, 0.3) is 0 Å². The molecule has 2 aliphatic carbocycles. The monoisotopic (exact) mass is 258 g/mol. The molecule has 18 heavy (non-hydrogen) atoms. The van der Waals surface area contributed by atoms with Crippen molar-refractivity contribution in [2.75, 3.05) is 0 Å². The highest BCUT2D eigenvalue weighted by atomic mass is 16.4. The van der Waals surface area contributed by atoms with Gasteiger partial charge in [-0.25, -0.2) is 0 Å². The molecule has 0 heterocycles. The van der Waals surface area contributed by atoms with E-state index in [1.807, 2.05) is 0 Å². The Balaban J connectivity index is 2.18. The van der Waals surface area contributed by atoms with Crippen LogP contribution in [-0.2, 0) is 19.2 Å². The van der Waals surface area contributed by atoms with Crippen molar-refractivity contribution >= 4 is 23.9 Å². The number of hydrogen-bond donors (Lipinski definition) is 4. The highest BCUT2D eigenvalue weighted by Crippen LogP contribution is 2.65. The van der Waals surface area contributed by atoms with E-state index in [2.05, 4.69) is 0 Å². The van der Waals surface area contributed by atoms with Crippen molar-refractivity contribution in [1.82, 2.24) is 0 Å². The third kappa shape index (κ3) is 1.60. The van der Waals surface area contributed by atoms with Crippen molar-refractivity contribution in [3.8, 4) is 0 Å². The summed E-state index contributed by atoms with van der Waals surface area (Å²) in [6.07, 6.45) is 0. The van der Waals surface area contributed by atoms with E-state index in [-0.39, 0.29) is 0 Å². The zero-order valence-corrected chi connectivity index (χ0v) is 8.89. The normalized spacial score (nSPS) is 40.9. The smallest absolute Gasteiger partial charge is 0.307 e. The molecule has 5 atom stereocenters. The molecule has 4 N–H and O–H groups in total. The van der Waals surface area contributed by atoms with Gasteiger partial charge in [-0.2, -0.15) is 0 Å². The van der Waals surface area contributed by atoms with E-state index in [1.54, 1.807) is 0 Å². The molecule has 0 saturated heterocycles. The Labute approximate surface area is 99.8 Å². The van der Waals surface area contributed by atoms with E-state index in [1.165, 1.54) is 0 Å². The number of carbonyl (C=O) groups is 4. The molecule has 8 heteroatoms. The van der Waals surface area contributed by atoms with E-state index < -0.39 is 59.4 Å². The van der Waals surface area contributed by atoms with Crippen LogP contribution < -0.4 is 0 Å². The second-order valence-electron chi connectivity index (χ2n) is 4.61. The van der Waals surface area contributed by atoms with E-state index >= 15 is 0 Å². The standard InChI is InChI=1S/C10H10O8/c11-7(12)3-1(4(3)8(13)14)2-5(9(15)16)6(2)10(17)18/h1-6H,(H,11,12)(H,13,14)(H,15,16)(H,17,18)/t1?,3-,4+,5-,6-/m1/s1. The molecule has 0 aromatic rings. The van der Waals surface area contributed by atoms with E-state index in [9.17, 15) is 19.2 Å². The van der Waals surface area contributed by atoms with Crippen molar-refractivity contribution in [1.29, 1.82) is 0 Å². The van der Waals surface area contributed by atoms with Gasteiger partial charge in [-0.15, -0.1) is 0 Å². The van der Waals surface area contributed by atoms with Crippen LogP contribution in [0.3, 0.4) is 0 Å². The van der Waals surface area contributed by atoms with Crippen LogP contribution in [0.15, 0.2) is 0 Å². The van der Waals surface area contributed by atoms with E-state index in [4.69, 9.17) is 20.4 Å². The van der Waals surface area contributed by atoms with Gasteiger partial charge < -0.3 is 20.4 Å². The third-order valence-corrected chi connectivity index (χ3v) is 3.74. The summed E-state index contributed by atoms with van der Waals surface area (Å²) >= 11 is 0. The van der Waals surface area contributed by atoms with Crippen molar-refractivity contribution in [3.63, 3.8) is 0 Å². The van der Waals surface area contributed by atoms with Crippen LogP contribution in [0, 0.1) is 35.5 Å². The van der Waals surface area contributed by atoms with Crippen LogP contribution in [0.4, 0.5) is 0 Å². The summed E-state index contributed by atoms with van der Waals surface area (Å²) in [4.78, 5) is 43.3. The van der Waals surface area contributed by atoms with Gasteiger partial charge in [-0.1, -0.05) is 0 Å². The summed E-state index contributed by atoms with van der Waals surface area (Å²) in [6, 6.07) is 0. The van der Waals surface area contributed by atoms with Gasteiger partial charge in [0.2, 0.25) is 0 Å². The van der Waals surface area contributed by atoms with Gasteiger partial charge in [-0.3, -0.25) is 19.2 Å². The lowest BCUT2D eigenvalue weighted by Gasteiger charge is -1.92. The Bertz CT molecular complexity index is 373. The summed E-state index contributed by atoms with van der Waals surface area (Å²) in [5, 5.41) is 35.2.